The first-order valence-electron chi connectivity index (χ1n) is 8.15. The molecule has 4 aromatic rings. The number of fused-ring (bicyclic) bond motifs is 5. The summed E-state index contributed by atoms with van der Waals surface area (Å²) in [6.45, 7) is 4.50. The van der Waals surface area contributed by atoms with Crippen LogP contribution in [0.25, 0.3) is 32.6 Å². The largest absolute Gasteiger partial charge is 0.343 e. The SMILES string of the molecule is CC(C)Cc1c(Cl)c2ccccc2c2c1c1ccccc1n2C. The lowest BCUT2D eigenvalue weighted by Crippen LogP contribution is -1.98. The van der Waals surface area contributed by atoms with Crippen LogP contribution in [0.3, 0.4) is 0 Å². The standard InChI is InChI=1S/C21H20ClN/c1-13(2)12-17-19-16-10-6-7-11-18(16)23(3)21(19)15-9-5-4-8-14(15)20(17)22/h4-11,13H,12H2,1-3H3. The van der Waals surface area contributed by atoms with Gasteiger partial charge in [0.2, 0.25) is 0 Å². The van der Waals surface area contributed by atoms with Crippen molar-refractivity contribution in [3.63, 3.8) is 0 Å². The Morgan fingerprint density at radius 2 is 1.52 bits per heavy atom. The average molecular weight is 322 g/mol. The summed E-state index contributed by atoms with van der Waals surface area (Å²) in [6.07, 6.45) is 0.994. The maximum absolute atomic E-state index is 6.87. The first-order valence-corrected chi connectivity index (χ1v) is 8.53. The molecular formula is C21H20ClN. The van der Waals surface area contributed by atoms with E-state index in [-0.39, 0.29) is 0 Å². The van der Waals surface area contributed by atoms with Gasteiger partial charge in [0.1, 0.15) is 0 Å². The number of nitrogens with zero attached hydrogens (tertiary/aromatic N) is 1. The second-order valence-electron chi connectivity index (χ2n) is 6.74. The minimum atomic E-state index is 0.566. The lowest BCUT2D eigenvalue weighted by molar-refractivity contribution is 0.651. The van der Waals surface area contributed by atoms with Gasteiger partial charge in [-0.1, -0.05) is 67.9 Å². The molecule has 2 heteroatoms. The van der Waals surface area contributed by atoms with Crippen molar-refractivity contribution in [3.8, 4) is 0 Å². The number of rotatable bonds is 2. The van der Waals surface area contributed by atoms with Crippen LogP contribution in [0.15, 0.2) is 48.5 Å². The molecule has 0 aliphatic carbocycles. The second kappa shape index (κ2) is 5.28. The number of para-hydroxylation sites is 1. The topological polar surface area (TPSA) is 4.93 Å². The van der Waals surface area contributed by atoms with Crippen molar-refractivity contribution in [1.29, 1.82) is 0 Å². The quantitative estimate of drug-likeness (QED) is 0.406. The summed E-state index contributed by atoms with van der Waals surface area (Å²) in [6, 6.07) is 17.1. The van der Waals surface area contributed by atoms with Crippen molar-refractivity contribution in [1.82, 2.24) is 4.57 Å². The van der Waals surface area contributed by atoms with Gasteiger partial charge >= 0.3 is 0 Å². The van der Waals surface area contributed by atoms with Crippen LogP contribution in [0.5, 0.6) is 0 Å². The van der Waals surface area contributed by atoms with Crippen molar-refractivity contribution in [3.05, 3.63) is 59.1 Å². The molecule has 0 saturated carbocycles. The van der Waals surface area contributed by atoms with Crippen molar-refractivity contribution in [2.75, 3.05) is 0 Å². The van der Waals surface area contributed by atoms with Crippen LogP contribution in [0.4, 0.5) is 0 Å². The van der Waals surface area contributed by atoms with E-state index in [4.69, 9.17) is 11.6 Å². The van der Waals surface area contributed by atoms with Gasteiger partial charge in [-0.25, -0.2) is 0 Å². The maximum Gasteiger partial charge on any atom is 0.0572 e. The van der Waals surface area contributed by atoms with E-state index < -0.39 is 0 Å². The van der Waals surface area contributed by atoms with Gasteiger partial charge in [-0.05, 0) is 24.0 Å². The van der Waals surface area contributed by atoms with Crippen LogP contribution < -0.4 is 0 Å². The van der Waals surface area contributed by atoms with Crippen LogP contribution in [0.1, 0.15) is 19.4 Å². The summed E-state index contributed by atoms with van der Waals surface area (Å²) < 4.78 is 2.31. The second-order valence-corrected chi connectivity index (χ2v) is 7.11. The molecule has 0 N–H and O–H groups in total. The fraction of sp³-hybridized carbons (Fsp3) is 0.238. The molecule has 1 aromatic heterocycles. The molecule has 0 radical (unpaired) electrons. The van der Waals surface area contributed by atoms with Gasteiger partial charge in [-0.15, -0.1) is 0 Å². The van der Waals surface area contributed by atoms with Crippen molar-refractivity contribution in [2.24, 2.45) is 13.0 Å². The number of hydrogen-bond acceptors (Lipinski definition) is 0. The summed E-state index contributed by atoms with van der Waals surface area (Å²) >= 11 is 6.87. The summed E-state index contributed by atoms with van der Waals surface area (Å²) in [7, 11) is 2.16. The van der Waals surface area contributed by atoms with Gasteiger partial charge in [0.25, 0.3) is 0 Å². The van der Waals surface area contributed by atoms with E-state index in [1.165, 1.54) is 32.8 Å². The van der Waals surface area contributed by atoms with Gasteiger partial charge in [0, 0.05) is 34.1 Å². The molecule has 0 saturated heterocycles. The van der Waals surface area contributed by atoms with Crippen molar-refractivity contribution < 1.29 is 0 Å². The highest BCUT2D eigenvalue weighted by atomic mass is 35.5. The zero-order chi connectivity index (χ0) is 16.1. The molecule has 4 rings (SSSR count). The van der Waals surface area contributed by atoms with Gasteiger partial charge in [0.15, 0.2) is 0 Å². The number of aromatic nitrogens is 1. The van der Waals surface area contributed by atoms with Gasteiger partial charge < -0.3 is 4.57 Å². The van der Waals surface area contributed by atoms with E-state index in [0.717, 1.165) is 16.8 Å². The average Bonchev–Trinajstić information content (AvgIpc) is 2.85. The smallest absolute Gasteiger partial charge is 0.0572 e. The minimum Gasteiger partial charge on any atom is -0.343 e. The minimum absolute atomic E-state index is 0.566. The van der Waals surface area contributed by atoms with Gasteiger partial charge in [-0.3, -0.25) is 0 Å². The molecule has 0 fully saturated rings. The zero-order valence-electron chi connectivity index (χ0n) is 13.7. The summed E-state index contributed by atoms with van der Waals surface area (Å²) in [5.41, 5.74) is 3.84. The van der Waals surface area contributed by atoms with E-state index in [9.17, 15) is 0 Å². The lowest BCUT2D eigenvalue weighted by Gasteiger charge is -2.14. The Morgan fingerprint density at radius 1 is 0.913 bits per heavy atom. The lowest BCUT2D eigenvalue weighted by atomic mass is 9.94. The van der Waals surface area contributed by atoms with Crippen molar-refractivity contribution >= 4 is 44.2 Å². The van der Waals surface area contributed by atoms with Crippen molar-refractivity contribution in [2.45, 2.75) is 20.3 Å². The molecule has 0 bridgehead atoms. The molecule has 0 aliphatic rings. The van der Waals surface area contributed by atoms with E-state index in [1.54, 1.807) is 0 Å². The summed E-state index contributed by atoms with van der Waals surface area (Å²) in [5, 5.41) is 5.92. The number of benzene rings is 3. The van der Waals surface area contributed by atoms with E-state index in [2.05, 4.69) is 74.0 Å². The first kappa shape index (κ1) is 14.6. The van der Waals surface area contributed by atoms with Crippen LogP contribution >= 0.6 is 11.6 Å². The number of halogens is 1. The monoisotopic (exact) mass is 321 g/mol. The zero-order valence-corrected chi connectivity index (χ0v) is 14.5. The Kier molecular flexibility index (Phi) is 3.35. The third kappa shape index (κ3) is 2.07. The molecule has 0 spiro atoms. The first-order chi connectivity index (χ1) is 11.1. The molecule has 0 aliphatic heterocycles. The predicted molar refractivity (Wildman–Crippen MR) is 101 cm³/mol. The van der Waals surface area contributed by atoms with Crippen LogP contribution in [-0.4, -0.2) is 4.57 Å². The van der Waals surface area contributed by atoms with E-state index >= 15 is 0 Å². The van der Waals surface area contributed by atoms with E-state index in [1.807, 2.05) is 0 Å². The van der Waals surface area contributed by atoms with E-state index in [0.29, 0.717) is 5.92 Å². The highest BCUT2D eigenvalue weighted by Gasteiger charge is 2.19. The molecule has 0 unspecified atom stereocenters. The highest BCUT2D eigenvalue weighted by Crippen LogP contribution is 2.41. The van der Waals surface area contributed by atoms with Crippen LogP contribution in [0.2, 0.25) is 5.02 Å². The maximum atomic E-state index is 6.87. The molecule has 1 nitrogen and oxygen atoms in total. The Bertz CT molecular complexity index is 1040. The fourth-order valence-electron chi connectivity index (χ4n) is 3.77. The Balaban J connectivity index is 2.33. The fourth-order valence-corrected chi connectivity index (χ4v) is 4.10. The highest BCUT2D eigenvalue weighted by molar-refractivity contribution is 6.39. The molecule has 116 valence electrons. The molecule has 3 aromatic carbocycles. The van der Waals surface area contributed by atoms with Gasteiger partial charge in [0.05, 0.1) is 10.5 Å². The third-order valence-corrected chi connectivity index (χ3v) is 5.14. The van der Waals surface area contributed by atoms with Crippen LogP contribution in [0, 0.1) is 5.92 Å². The predicted octanol–water partition coefficient (Wildman–Crippen LogP) is 6.34. The Morgan fingerprint density at radius 3 is 2.22 bits per heavy atom. The molecular weight excluding hydrogens is 302 g/mol. The molecule has 0 amide bonds. The number of aryl methyl sites for hydroxylation is 1. The summed E-state index contributed by atoms with van der Waals surface area (Å²) in [5.74, 6) is 0.566. The molecule has 0 atom stereocenters. The third-order valence-electron chi connectivity index (χ3n) is 4.70. The van der Waals surface area contributed by atoms with Crippen LogP contribution in [-0.2, 0) is 13.5 Å². The summed E-state index contributed by atoms with van der Waals surface area (Å²) in [4.78, 5) is 0. The Hall–Kier alpha value is -1.99. The number of hydrogen-bond donors (Lipinski definition) is 0. The molecule has 1 heterocycles. The molecule has 23 heavy (non-hydrogen) atoms. The van der Waals surface area contributed by atoms with Gasteiger partial charge in [-0.2, -0.15) is 0 Å². The Labute approximate surface area is 141 Å². The normalized spacial score (nSPS) is 12.0.